The van der Waals surface area contributed by atoms with E-state index in [9.17, 15) is 9.59 Å². The molecule has 0 saturated heterocycles. The van der Waals surface area contributed by atoms with E-state index in [4.69, 9.17) is 9.47 Å². The average Bonchev–Trinajstić information content (AvgIpc) is 2.78. The van der Waals surface area contributed by atoms with Crippen molar-refractivity contribution in [3.8, 4) is 11.5 Å². The molecular formula is C23H20BrN3O4. The van der Waals surface area contributed by atoms with E-state index in [1.807, 2.05) is 24.3 Å². The van der Waals surface area contributed by atoms with Gasteiger partial charge < -0.3 is 14.8 Å². The van der Waals surface area contributed by atoms with Gasteiger partial charge in [-0.1, -0.05) is 40.2 Å². The Balaban J connectivity index is 1.57. The number of anilines is 1. The summed E-state index contributed by atoms with van der Waals surface area (Å²) in [7, 11) is 1.50. The molecule has 0 aliphatic rings. The van der Waals surface area contributed by atoms with E-state index in [1.54, 1.807) is 48.5 Å². The molecule has 0 aliphatic heterocycles. The summed E-state index contributed by atoms with van der Waals surface area (Å²) >= 11 is 3.33. The largest absolute Gasteiger partial charge is 0.493 e. The molecule has 8 heteroatoms. The highest BCUT2D eigenvalue weighted by Gasteiger charge is 2.09. The zero-order valence-corrected chi connectivity index (χ0v) is 18.3. The van der Waals surface area contributed by atoms with Crippen LogP contribution >= 0.6 is 15.9 Å². The van der Waals surface area contributed by atoms with Crippen LogP contribution < -0.4 is 20.2 Å². The van der Waals surface area contributed by atoms with Crippen LogP contribution in [0.1, 0.15) is 15.9 Å². The molecule has 7 nitrogen and oxygen atoms in total. The Morgan fingerprint density at radius 1 is 1.00 bits per heavy atom. The van der Waals surface area contributed by atoms with E-state index in [1.165, 1.54) is 13.3 Å². The van der Waals surface area contributed by atoms with E-state index < -0.39 is 0 Å². The number of carbonyl (C=O) groups is 2. The second kappa shape index (κ2) is 10.9. The lowest BCUT2D eigenvalue weighted by atomic mass is 10.2. The predicted octanol–water partition coefficient (Wildman–Crippen LogP) is 4.24. The Hall–Kier alpha value is -3.65. The van der Waals surface area contributed by atoms with Crippen LogP contribution in [-0.2, 0) is 4.79 Å². The van der Waals surface area contributed by atoms with E-state index in [-0.39, 0.29) is 18.4 Å². The monoisotopic (exact) mass is 481 g/mol. The van der Waals surface area contributed by atoms with Crippen LogP contribution in [0.15, 0.2) is 82.4 Å². The molecule has 0 heterocycles. The van der Waals surface area contributed by atoms with Crippen molar-refractivity contribution in [2.75, 3.05) is 19.0 Å². The lowest BCUT2D eigenvalue weighted by Gasteiger charge is -2.11. The Morgan fingerprint density at radius 2 is 1.81 bits per heavy atom. The summed E-state index contributed by atoms with van der Waals surface area (Å²) in [5, 5.41) is 6.72. The molecule has 0 spiro atoms. The summed E-state index contributed by atoms with van der Waals surface area (Å²) < 4.78 is 11.7. The van der Waals surface area contributed by atoms with Gasteiger partial charge in [0.1, 0.15) is 0 Å². The summed E-state index contributed by atoms with van der Waals surface area (Å²) in [6, 6.07) is 21.2. The first-order chi connectivity index (χ1) is 15.0. The number of nitrogens with zero attached hydrogens (tertiary/aromatic N) is 1. The second-order valence-electron chi connectivity index (χ2n) is 6.32. The SMILES string of the molecule is COc1cc(/C=N\NC(=O)c2cccc(Br)c2)ccc1OCC(=O)Nc1ccccc1. The van der Waals surface area contributed by atoms with Gasteiger partial charge in [-0.25, -0.2) is 5.43 Å². The van der Waals surface area contributed by atoms with Crippen LogP contribution in [0, 0.1) is 0 Å². The third-order valence-corrected chi connectivity index (χ3v) is 4.56. The molecule has 0 aliphatic carbocycles. The summed E-state index contributed by atoms with van der Waals surface area (Å²) in [6.07, 6.45) is 1.49. The van der Waals surface area contributed by atoms with Gasteiger partial charge in [0.15, 0.2) is 18.1 Å². The number of nitrogens with one attached hydrogen (secondary N) is 2. The third-order valence-electron chi connectivity index (χ3n) is 4.07. The number of carbonyl (C=O) groups excluding carboxylic acids is 2. The van der Waals surface area contributed by atoms with Crippen molar-refractivity contribution < 1.29 is 19.1 Å². The summed E-state index contributed by atoms with van der Waals surface area (Å²) in [6.45, 7) is -0.165. The Bertz CT molecular complexity index is 1090. The first kappa shape index (κ1) is 22.0. The van der Waals surface area contributed by atoms with Crippen LogP contribution in [-0.4, -0.2) is 31.7 Å². The van der Waals surface area contributed by atoms with Crippen LogP contribution in [0.3, 0.4) is 0 Å². The molecular weight excluding hydrogens is 462 g/mol. The van der Waals surface area contributed by atoms with Crippen molar-refractivity contribution in [1.82, 2.24) is 5.43 Å². The maximum atomic E-state index is 12.1. The molecule has 0 bridgehead atoms. The minimum atomic E-state index is -0.325. The van der Waals surface area contributed by atoms with E-state index in [0.29, 0.717) is 28.3 Å². The molecule has 2 N–H and O–H groups in total. The fourth-order valence-corrected chi connectivity index (χ4v) is 3.00. The molecule has 0 saturated carbocycles. The van der Waals surface area contributed by atoms with E-state index in [0.717, 1.165) is 4.47 Å². The van der Waals surface area contributed by atoms with Crippen molar-refractivity contribution in [2.45, 2.75) is 0 Å². The minimum absolute atomic E-state index is 0.165. The standard InChI is InChI=1S/C23H20BrN3O4/c1-30-21-12-16(14-25-27-23(29)17-6-5-7-18(24)13-17)10-11-20(21)31-15-22(28)26-19-8-3-2-4-9-19/h2-14H,15H2,1H3,(H,26,28)(H,27,29)/b25-14-. The van der Waals surface area contributed by atoms with Gasteiger partial charge >= 0.3 is 0 Å². The molecule has 158 valence electrons. The van der Waals surface area contributed by atoms with Crippen LogP contribution in [0.25, 0.3) is 0 Å². The van der Waals surface area contributed by atoms with Gasteiger partial charge in [0, 0.05) is 15.7 Å². The lowest BCUT2D eigenvalue weighted by Crippen LogP contribution is -2.20. The number of hydrogen-bond acceptors (Lipinski definition) is 5. The zero-order valence-electron chi connectivity index (χ0n) is 16.7. The number of benzene rings is 3. The highest BCUT2D eigenvalue weighted by molar-refractivity contribution is 9.10. The first-order valence-corrected chi connectivity index (χ1v) is 10.1. The maximum Gasteiger partial charge on any atom is 0.271 e. The second-order valence-corrected chi connectivity index (χ2v) is 7.24. The predicted molar refractivity (Wildman–Crippen MR) is 123 cm³/mol. The number of para-hydroxylation sites is 1. The van der Waals surface area contributed by atoms with Crippen LogP contribution in [0.4, 0.5) is 5.69 Å². The molecule has 3 rings (SSSR count). The fraction of sp³-hybridized carbons (Fsp3) is 0.0870. The van der Waals surface area contributed by atoms with Gasteiger partial charge in [0.2, 0.25) is 0 Å². The van der Waals surface area contributed by atoms with Gasteiger partial charge in [-0.2, -0.15) is 5.10 Å². The molecule has 0 unspecified atom stereocenters. The molecule has 0 radical (unpaired) electrons. The van der Waals surface area contributed by atoms with E-state index >= 15 is 0 Å². The van der Waals surface area contributed by atoms with Crippen LogP contribution in [0.5, 0.6) is 11.5 Å². The average molecular weight is 482 g/mol. The van der Waals surface area contributed by atoms with Crippen molar-refractivity contribution >= 4 is 39.6 Å². The number of halogens is 1. The highest BCUT2D eigenvalue weighted by Crippen LogP contribution is 2.27. The molecule has 2 amide bonds. The first-order valence-electron chi connectivity index (χ1n) is 9.30. The number of amides is 2. The number of methoxy groups -OCH3 is 1. The number of hydrazone groups is 1. The Morgan fingerprint density at radius 3 is 2.55 bits per heavy atom. The number of hydrogen-bond donors (Lipinski definition) is 2. The highest BCUT2D eigenvalue weighted by atomic mass is 79.9. The molecule has 0 atom stereocenters. The molecule has 31 heavy (non-hydrogen) atoms. The summed E-state index contributed by atoms with van der Waals surface area (Å²) in [5.74, 6) is 0.249. The van der Waals surface area contributed by atoms with Gasteiger partial charge in [-0.15, -0.1) is 0 Å². The van der Waals surface area contributed by atoms with Crippen LogP contribution in [0.2, 0.25) is 0 Å². The summed E-state index contributed by atoms with van der Waals surface area (Å²) in [4.78, 5) is 24.2. The molecule has 3 aromatic rings. The topological polar surface area (TPSA) is 89.0 Å². The van der Waals surface area contributed by atoms with Gasteiger partial charge in [-0.05, 0) is 54.1 Å². The molecule has 3 aromatic carbocycles. The quantitative estimate of drug-likeness (QED) is 0.372. The van der Waals surface area contributed by atoms with Crippen molar-refractivity contribution in [3.05, 3.63) is 88.4 Å². The van der Waals surface area contributed by atoms with Gasteiger partial charge in [-0.3, -0.25) is 9.59 Å². The maximum absolute atomic E-state index is 12.1. The Labute approximate surface area is 188 Å². The van der Waals surface area contributed by atoms with E-state index in [2.05, 4.69) is 31.8 Å². The molecule has 0 aromatic heterocycles. The molecule has 0 fully saturated rings. The third kappa shape index (κ3) is 6.68. The smallest absolute Gasteiger partial charge is 0.271 e. The minimum Gasteiger partial charge on any atom is -0.493 e. The van der Waals surface area contributed by atoms with Gasteiger partial charge in [0.25, 0.3) is 11.8 Å². The van der Waals surface area contributed by atoms with Crippen molar-refractivity contribution in [1.29, 1.82) is 0 Å². The normalized spacial score (nSPS) is 10.5. The fourth-order valence-electron chi connectivity index (χ4n) is 2.61. The zero-order chi connectivity index (χ0) is 22.1. The number of rotatable bonds is 8. The van der Waals surface area contributed by atoms with Crippen molar-refractivity contribution in [3.63, 3.8) is 0 Å². The Kier molecular flexibility index (Phi) is 7.78. The van der Waals surface area contributed by atoms with Crippen molar-refractivity contribution in [2.24, 2.45) is 5.10 Å². The van der Waals surface area contributed by atoms with Gasteiger partial charge in [0.05, 0.1) is 13.3 Å². The summed E-state index contributed by atoms with van der Waals surface area (Å²) in [5.41, 5.74) is 4.34. The lowest BCUT2D eigenvalue weighted by molar-refractivity contribution is -0.118. The number of ether oxygens (including phenoxy) is 2.